The van der Waals surface area contributed by atoms with Gasteiger partial charge in [-0.1, -0.05) is 38.1 Å². The second-order valence-corrected chi connectivity index (χ2v) is 7.24. The third-order valence-corrected chi connectivity index (χ3v) is 3.82. The first-order valence-electron chi connectivity index (χ1n) is 8.87. The fraction of sp³-hybridized carbons (Fsp3) is 0.526. The fourth-order valence-corrected chi connectivity index (χ4v) is 2.33. The molecule has 1 aromatic heterocycles. The Kier molecular flexibility index (Phi) is 7.27. The number of carbonyl (C=O) groups excluding carboxylic acids is 1. The first-order valence-corrected chi connectivity index (χ1v) is 8.87. The summed E-state index contributed by atoms with van der Waals surface area (Å²) in [5, 5.41) is 6.79. The maximum absolute atomic E-state index is 12.1. The molecule has 2 aromatic rings. The molecule has 0 aliphatic rings. The Morgan fingerprint density at radius 2 is 1.93 bits per heavy atom. The number of aromatic nitrogens is 2. The van der Waals surface area contributed by atoms with Crippen LogP contribution in [0.1, 0.15) is 50.9 Å². The van der Waals surface area contributed by atoms with E-state index in [4.69, 9.17) is 4.52 Å². The highest BCUT2D eigenvalue weighted by Crippen LogP contribution is 2.19. The number of hydrogen-bond donors (Lipinski definition) is 1. The van der Waals surface area contributed by atoms with Crippen LogP contribution in [0, 0.1) is 0 Å². The van der Waals surface area contributed by atoms with Crippen molar-refractivity contribution in [2.24, 2.45) is 0 Å². The van der Waals surface area contributed by atoms with Gasteiger partial charge in [0.1, 0.15) is 5.75 Å². The van der Waals surface area contributed by atoms with Crippen LogP contribution < -0.4 is 10.1 Å². The van der Waals surface area contributed by atoms with Crippen LogP contribution >= 0.6 is 0 Å². The molecule has 0 aliphatic carbocycles. The number of nitrogens with zero attached hydrogens (tertiary/aromatic N) is 2. The van der Waals surface area contributed by atoms with Gasteiger partial charge in [0.2, 0.25) is 11.8 Å². The highest BCUT2D eigenvalue weighted by atomic mass is 19.3. The van der Waals surface area contributed by atoms with Crippen LogP contribution in [0.25, 0.3) is 0 Å². The number of alkyl halides is 2. The van der Waals surface area contributed by atoms with Crippen molar-refractivity contribution in [2.75, 3.05) is 6.54 Å². The van der Waals surface area contributed by atoms with E-state index in [1.807, 2.05) is 20.8 Å². The smallest absolute Gasteiger partial charge is 0.387 e. The molecule has 0 fully saturated rings. The minimum Gasteiger partial charge on any atom is -0.435 e. The first-order chi connectivity index (χ1) is 12.7. The Morgan fingerprint density at radius 3 is 2.52 bits per heavy atom. The number of halogens is 2. The normalized spacial score (nSPS) is 11.6. The summed E-state index contributed by atoms with van der Waals surface area (Å²) in [4.78, 5) is 16.2. The lowest BCUT2D eigenvalue weighted by Gasteiger charge is -2.10. The quantitative estimate of drug-likeness (QED) is 0.717. The van der Waals surface area contributed by atoms with Crippen LogP contribution in [0.15, 0.2) is 28.8 Å². The number of rotatable bonds is 9. The molecular formula is C19H25F2N3O3. The minimum absolute atomic E-state index is 0.0526. The van der Waals surface area contributed by atoms with Gasteiger partial charge < -0.3 is 14.6 Å². The zero-order valence-corrected chi connectivity index (χ0v) is 15.8. The van der Waals surface area contributed by atoms with E-state index in [2.05, 4.69) is 20.2 Å². The van der Waals surface area contributed by atoms with E-state index >= 15 is 0 Å². The van der Waals surface area contributed by atoms with Crippen LogP contribution in [-0.2, 0) is 23.1 Å². The average Bonchev–Trinajstić information content (AvgIpc) is 3.05. The topological polar surface area (TPSA) is 77.2 Å². The van der Waals surface area contributed by atoms with E-state index < -0.39 is 6.61 Å². The van der Waals surface area contributed by atoms with Gasteiger partial charge >= 0.3 is 6.61 Å². The average molecular weight is 381 g/mol. The SMILES string of the molecule is CC(C)(C)c1noc(CCCC(=O)NCCc2ccc(OC(F)F)cc2)n1. The van der Waals surface area contributed by atoms with Crippen molar-refractivity contribution < 1.29 is 22.8 Å². The van der Waals surface area contributed by atoms with Gasteiger partial charge in [0.05, 0.1) is 0 Å². The molecule has 0 saturated carbocycles. The number of carbonyl (C=O) groups is 1. The maximum atomic E-state index is 12.1. The summed E-state index contributed by atoms with van der Waals surface area (Å²) in [5.74, 6) is 1.27. The first kappa shape index (κ1) is 20.8. The molecule has 6 nitrogen and oxygen atoms in total. The van der Waals surface area contributed by atoms with Crippen LogP contribution in [0.5, 0.6) is 5.75 Å². The molecule has 0 aliphatic heterocycles. The predicted molar refractivity (Wildman–Crippen MR) is 95.7 cm³/mol. The minimum atomic E-state index is -2.83. The van der Waals surface area contributed by atoms with Crippen LogP contribution in [0.4, 0.5) is 8.78 Å². The van der Waals surface area contributed by atoms with Gasteiger partial charge in [-0.05, 0) is 30.5 Å². The number of amides is 1. The Hall–Kier alpha value is -2.51. The van der Waals surface area contributed by atoms with E-state index in [1.54, 1.807) is 12.1 Å². The van der Waals surface area contributed by atoms with Crippen molar-refractivity contribution in [3.63, 3.8) is 0 Å². The second kappa shape index (κ2) is 9.43. The van der Waals surface area contributed by atoms with E-state index in [1.165, 1.54) is 12.1 Å². The van der Waals surface area contributed by atoms with Crippen molar-refractivity contribution in [3.05, 3.63) is 41.5 Å². The van der Waals surface area contributed by atoms with Crippen molar-refractivity contribution in [2.45, 2.75) is 58.5 Å². The van der Waals surface area contributed by atoms with E-state index in [9.17, 15) is 13.6 Å². The standard InChI is InChI=1S/C19H25F2N3O3/c1-19(2,3)17-23-16(27-24-17)6-4-5-15(25)22-12-11-13-7-9-14(10-8-13)26-18(20)21/h7-10,18H,4-6,11-12H2,1-3H3,(H,22,25). The van der Waals surface area contributed by atoms with E-state index in [0.29, 0.717) is 43.9 Å². The molecule has 0 radical (unpaired) electrons. The van der Waals surface area contributed by atoms with Gasteiger partial charge in [0, 0.05) is 24.8 Å². The Labute approximate surface area is 157 Å². The molecule has 0 bridgehead atoms. The van der Waals surface area contributed by atoms with Gasteiger partial charge in [-0.25, -0.2) is 0 Å². The van der Waals surface area contributed by atoms with Gasteiger partial charge in [-0.15, -0.1) is 0 Å². The van der Waals surface area contributed by atoms with Gasteiger partial charge in [-0.2, -0.15) is 13.8 Å². The lowest BCUT2D eigenvalue weighted by Crippen LogP contribution is -2.25. The Balaban J connectivity index is 1.64. The summed E-state index contributed by atoms with van der Waals surface area (Å²) in [6.07, 6.45) is 2.16. The number of benzene rings is 1. The zero-order valence-electron chi connectivity index (χ0n) is 15.8. The molecule has 1 amide bonds. The fourth-order valence-electron chi connectivity index (χ4n) is 2.33. The summed E-state index contributed by atoms with van der Waals surface area (Å²) < 4.78 is 33.7. The molecule has 8 heteroatoms. The Bertz CT molecular complexity index is 725. The summed E-state index contributed by atoms with van der Waals surface area (Å²) >= 11 is 0. The van der Waals surface area contributed by atoms with E-state index in [-0.39, 0.29) is 17.1 Å². The summed E-state index contributed by atoms with van der Waals surface area (Å²) in [5.41, 5.74) is 0.764. The van der Waals surface area contributed by atoms with Crippen molar-refractivity contribution in [1.29, 1.82) is 0 Å². The molecule has 1 heterocycles. The van der Waals surface area contributed by atoms with Crippen LogP contribution in [0.2, 0.25) is 0 Å². The zero-order chi connectivity index (χ0) is 19.9. The molecule has 0 spiro atoms. The molecule has 148 valence electrons. The van der Waals surface area contributed by atoms with Gasteiger partial charge in [0.25, 0.3) is 0 Å². The lowest BCUT2D eigenvalue weighted by molar-refractivity contribution is -0.121. The largest absolute Gasteiger partial charge is 0.435 e. The molecule has 0 unspecified atom stereocenters. The molecule has 0 atom stereocenters. The molecule has 1 N–H and O–H groups in total. The summed E-state index contributed by atoms with van der Waals surface area (Å²) in [6.45, 7) is 3.67. The third kappa shape index (κ3) is 7.32. The van der Waals surface area contributed by atoms with Gasteiger partial charge in [0.15, 0.2) is 5.82 Å². The number of hydrogen-bond acceptors (Lipinski definition) is 5. The van der Waals surface area contributed by atoms with E-state index in [0.717, 1.165) is 5.56 Å². The highest BCUT2D eigenvalue weighted by molar-refractivity contribution is 5.75. The van der Waals surface area contributed by atoms with Gasteiger partial charge in [-0.3, -0.25) is 4.79 Å². The number of nitrogens with one attached hydrogen (secondary N) is 1. The molecular weight excluding hydrogens is 356 g/mol. The number of aryl methyl sites for hydroxylation is 1. The van der Waals surface area contributed by atoms with Crippen LogP contribution in [-0.4, -0.2) is 29.2 Å². The lowest BCUT2D eigenvalue weighted by atomic mass is 9.96. The monoisotopic (exact) mass is 381 g/mol. The van der Waals surface area contributed by atoms with Crippen molar-refractivity contribution >= 4 is 5.91 Å². The predicted octanol–water partition coefficient (Wildman–Crippen LogP) is 3.65. The molecule has 1 aromatic carbocycles. The van der Waals surface area contributed by atoms with Crippen molar-refractivity contribution in [3.8, 4) is 5.75 Å². The molecule has 2 rings (SSSR count). The maximum Gasteiger partial charge on any atom is 0.387 e. The molecule has 27 heavy (non-hydrogen) atoms. The summed E-state index contributed by atoms with van der Waals surface area (Å²) in [7, 11) is 0. The van der Waals surface area contributed by atoms with Crippen LogP contribution in [0.3, 0.4) is 0 Å². The highest BCUT2D eigenvalue weighted by Gasteiger charge is 2.20. The summed E-state index contributed by atoms with van der Waals surface area (Å²) in [6, 6.07) is 6.37. The number of ether oxygens (including phenoxy) is 1. The molecule has 0 saturated heterocycles. The Morgan fingerprint density at radius 1 is 1.22 bits per heavy atom. The van der Waals surface area contributed by atoms with Crippen molar-refractivity contribution in [1.82, 2.24) is 15.5 Å². The third-order valence-electron chi connectivity index (χ3n) is 3.82. The second-order valence-electron chi connectivity index (χ2n) is 7.24.